The van der Waals surface area contributed by atoms with E-state index in [1.54, 1.807) is 22.4 Å². The number of hydrogen-bond acceptors (Lipinski definition) is 6. The van der Waals surface area contributed by atoms with Crippen LogP contribution in [0.15, 0.2) is 172 Å². The van der Waals surface area contributed by atoms with E-state index >= 15 is 0 Å². The second-order valence-corrected chi connectivity index (χ2v) is 23.7. The number of nitrogens with zero attached hydrogens (tertiary/aromatic N) is 3. The Labute approximate surface area is 411 Å². The first-order chi connectivity index (χ1) is 33.7. The summed E-state index contributed by atoms with van der Waals surface area (Å²) in [5, 5.41) is 9.71. The predicted octanol–water partition coefficient (Wildman–Crippen LogP) is 13.4. The van der Waals surface area contributed by atoms with Gasteiger partial charge in [-0.1, -0.05) is 134 Å². The Morgan fingerprint density at radius 3 is 2.29 bits per heavy atom. The fourth-order valence-electron chi connectivity index (χ4n) is 15.2. The van der Waals surface area contributed by atoms with E-state index in [2.05, 4.69) is 161 Å². The van der Waals surface area contributed by atoms with Crippen molar-refractivity contribution in [3.8, 4) is 0 Å². The highest BCUT2D eigenvalue weighted by molar-refractivity contribution is 8.01. The van der Waals surface area contributed by atoms with Gasteiger partial charge in [0.2, 0.25) is 0 Å². The molecule has 15 unspecified atom stereocenters. The molecule has 0 spiro atoms. The molecular formula is C62H73N5S. The van der Waals surface area contributed by atoms with Crippen molar-refractivity contribution < 1.29 is 0 Å². The maximum absolute atomic E-state index is 5.71. The number of nitrogens with one attached hydrogen (secondary N) is 2. The maximum atomic E-state index is 5.71. The largest absolute Gasteiger partial charge is 0.363 e. The molecule has 1 aromatic carbocycles. The average Bonchev–Trinajstić information content (AvgIpc) is 3.97. The summed E-state index contributed by atoms with van der Waals surface area (Å²) in [6.45, 7) is 0. The highest BCUT2D eigenvalue weighted by atomic mass is 32.2. The summed E-state index contributed by atoms with van der Waals surface area (Å²) in [4.78, 5) is 14.1. The lowest BCUT2D eigenvalue weighted by atomic mass is 9.65. The molecule has 5 nitrogen and oxygen atoms in total. The molecule has 0 aromatic heterocycles. The third-order valence-corrected chi connectivity index (χ3v) is 20.2. The van der Waals surface area contributed by atoms with Crippen LogP contribution in [-0.2, 0) is 0 Å². The van der Waals surface area contributed by atoms with Crippen LogP contribution in [0.25, 0.3) is 0 Å². The highest BCUT2D eigenvalue weighted by Crippen LogP contribution is 2.59. The van der Waals surface area contributed by atoms with Gasteiger partial charge in [-0.2, -0.15) is 0 Å². The lowest BCUT2D eigenvalue weighted by molar-refractivity contribution is 0.164. The number of aliphatic imine (C=N–C) groups is 2. The molecule has 2 N–H and O–H groups in total. The number of fused-ring (bicyclic) bond motifs is 7. The third-order valence-electron chi connectivity index (χ3n) is 18.5. The van der Waals surface area contributed by atoms with E-state index in [-0.39, 0.29) is 12.2 Å². The van der Waals surface area contributed by atoms with E-state index in [1.807, 2.05) is 0 Å². The van der Waals surface area contributed by atoms with E-state index < -0.39 is 0 Å². The second kappa shape index (κ2) is 19.1. The first-order valence-corrected chi connectivity index (χ1v) is 28.4. The molecule has 3 saturated heterocycles. The van der Waals surface area contributed by atoms with Gasteiger partial charge in [-0.15, -0.1) is 11.8 Å². The predicted molar refractivity (Wildman–Crippen MR) is 284 cm³/mol. The van der Waals surface area contributed by atoms with Crippen LogP contribution in [0.2, 0.25) is 0 Å². The molecule has 0 amide bonds. The SMILES string of the molecule is C1=CC(C2CC(c3ccccc3)CC(C3CCC(C4=CC5C(C=C4)SC4C5C=CC5C6=CCCC=C6N(C6CC=CCC6)C54)C(C4=NC(C5=CCCC=C5)N=C(C5C=CCCC5)N4)N3)C2)=CCC1. The highest BCUT2D eigenvalue weighted by Gasteiger charge is 2.56. The van der Waals surface area contributed by atoms with Gasteiger partial charge in [0.1, 0.15) is 11.7 Å². The van der Waals surface area contributed by atoms with Crippen LogP contribution in [-0.4, -0.2) is 57.4 Å². The molecule has 12 aliphatic rings. The molecule has 13 rings (SSSR count). The molecule has 4 fully saturated rings. The molecule has 4 heterocycles. The zero-order valence-electron chi connectivity index (χ0n) is 40.1. The summed E-state index contributed by atoms with van der Waals surface area (Å²) in [5.74, 6) is 6.24. The Balaban J connectivity index is 0.843. The standard InChI is InChI=1S/C62H73N5S/c1-6-18-40(19-7-1)45-36-46(41-20-8-2-9-21-41)38-47(37-45)54-34-33-49(57(63-54)62-65-60(42-22-10-3-11-23-42)64-61(66-62)43-24-12-4-13-25-43)44-30-35-56-53(39-44)52-32-31-51-50-28-16-17-29-55(50)67(58(51)59(52)68-56)48-26-14-5-15-27-48/h1,5-8,10,12,14,18-24,28-32,35,39,43,45-49,51-54,56-60,63H,2-4,9,11,13,15-17,25-27,33-34,36-38H2,(H,64,65,66). The minimum Gasteiger partial charge on any atom is -0.363 e. The van der Waals surface area contributed by atoms with Crippen molar-refractivity contribution in [2.75, 3.05) is 0 Å². The second-order valence-electron chi connectivity index (χ2n) is 22.4. The van der Waals surface area contributed by atoms with Crippen LogP contribution in [0.4, 0.5) is 0 Å². The summed E-state index contributed by atoms with van der Waals surface area (Å²) in [5.41, 5.74) is 9.14. The summed E-state index contributed by atoms with van der Waals surface area (Å²) >= 11 is 2.31. The molecule has 4 aliphatic heterocycles. The van der Waals surface area contributed by atoms with Crippen LogP contribution >= 0.6 is 11.8 Å². The molecule has 68 heavy (non-hydrogen) atoms. The van der Waals surface area contributed by atoms with Gasteiger partial charge in [-0.25, -0.2) is 9.98 Å². The van der Waals surface area contributed by atoms with Crippen molar-refractivity contribution in [1.29, 1.82) is 0 Å². The molecule has 8 aliphatic carbocycles. The van der Waals surface area contributed by atoms with Crippen LogP contribution in [0, 0.1) is 41.4 Å². The minimum absolute atomic E-state index is 0.0853. The first kappa shape index (κ1) is 43.6. The van der Waals surface area contributed by atoms with Gasteiger partial charge in [0.15, 0.2) is 6.17 Å². The number of allylic oxidation sites excluding steroid dienone is 14. The van der Waals surface area contributed by atoms with Crippen molar-refractivity contribution in [2.45, 2.75) is 156 Å². The van der Waals surface area contributed by atoms with Gasteiger partial charge >= 0.3 is 0 Å². The molecule has 0 bridgehead atoms. The summed E-state index contributed by atoms with van der Waals surface area (Å²) in [7, 11) is 0. The van der Waals surface area contributed by atoms with Crippen molar-refractivity contribution in [1.82, 2.24) is 15.5 Å². The lowest BCUT2D eigenvalue weighted by Crippen LogP contribution is -2.60. The molecule has 0 radical (unpaired) electrons. The smallest absolute Gasteiger partial charge is 0.168 e. The Hall–Kier alpha value is -4.39. The number of piperidine rings is 1. The van der Waals surface area contributed by atoms with Crippen LogP contribution in [0.1, 0.15) is 121 Å². The number of thioether (sulfide) groups is 1. The van der Waals surface area contributed by atoms with Crippen LogP contribution < -0.4 is 10.6 Å². The topological polar surface area (TPSA) is 52.0 Å². The number of hydrogen-bond donors (Lipinski definition) is 2. The fourth-order valence-corrected chi connectivity index (χ4v) is 17.1. The van der Waals surface area contributed by atoms with Gasteiger partial charge in [0, 0.05) is 52.0 Å². The third kappa shape index (κ3) is 8.25. The monoisotopic (exact) mass is 920 g/mol. The van der Waals surface area contributed by atoms with Crippen molar-refractivity contribution in [3.05, 3.63) is 167 Å². The van der Waals surface area contributed by atoms with Gasteiger partial charge in [-0.3, -0.25) is 0 Å². The molecule has 6 heteroatoms. The number of rotatable bonds is 8. The van der Waals surface area contributed by atoms with Gasteiger partial charge in [0.05, 0.1) is 12.1 Å². The van der Waals surface area contributed by atoms with Gasteiger partial charge in [0.25, 0.3) is 0 Å². The Kier molecular flexibility index (Phi) is 12.2. The minimum atomic E-state index is -0.196. The fraction of sp³-hybridized carbons (Fsp3) is 0.516. The molecule has 15 atom stereocenters. The van der Waals surface area contributed by atoms with Crippen molar-refractivity contribution >= 4 is 23.4 Å². The lowest BCUT2D eigenvalue weighted by Gasteiger charge is -2.47. The van der Waals surface area contributed by atoms with E-state index in [1.165, 1.54) is 101 Å². The van der Waals surface area contributed by atoms with E-state index in [4.69, 9.17) is 9.98 Å². The van der Waals surface area contributed by atoms with Crippen LogP contribution in [0.3, 0.4) is 0 Å². The van der Waals surface area contributed by atoms with Crippen molar-refractivity contribution in [2.24, 2.45) is 51.4 Å². The Morgan fingerprint density at radius 2 is 1.47 bits per heavy atom. The maximum Gasteiger partial charge on any atom is 0.168 e. The average molecular weight is 920 g/mol. The number of likely N-dealkylation sites (tertiary alicyclic amines) is 1. The van der Waals surface area contributed by atoms with E-state index in [9.17, 15) is 0 Å². The summed E-state index contributed by atoms with van der Waals surface area (Å²) in [6.07, 6.45) is 62.9. The summed E-state index contributed by atoms with van der Waals surface area (Å²) in [6, 6.07) is 13.2. The normalized spacial score (nSPS) is 40.3. The first-order valence-electron chi connectivity index (χ1n) is 27.4. The van der Waals surface area contributed by atoms with Gasteiger partial charge < -0.3 is 15.5 Å². The Bertz CT molecular complexity index is 2510. The molecule has 352 valence electrons. The summed E-state index contributed by atoms with van der Waals surface area (Å²) < 4.78 is 0. The zero-order chi connectivity index (χ0) is 45.0. The quantitative estimate of drug-likeness (QED) is 0.255. The molecule has 1 saturated carbocycles. The number of amidine groups is 2. The molecule has 1 aromatic rings. The van der Waals surface area contributed by atoms with E-state index in [0.29, 0.717) is 76.0 Å². The Morgan fingerprint density at radius 1 is 0.632 bits per heavy atom. The van der Waals surface area contributed by atoms with E-state index in [0.717, 1.165) is 30.9 Å². The zero-order valence-corrected chi connectivity index (χ0v) is 40.9. The number of benzene rings is 1. The van der Waals surface area contributed by atoms with Gasteiger partial charge in [-0.05, 0) is 161 Å². The molecular weight excluding hydrogens is 847 g/mol. The van der Waals surface area contributed by atoms with Crippen molar-refractivity contribution in [3.63, 3.8) is 0 Å². The van der Waals surface area contributed by atoms with Crippen LogP contribution in [0.5, 0.6) is 0 Å².